The van der Waals surface area contributed by atoms with E-state index in [0.29, 0.717) is 0 Å². The van der Waals surface area contributed by atoms with Crippen molar-refractivity contribution in [1.82, 2.24) is 0 Å². The predicted octanol–water partition coefficient (Wildman–Crippen LogP) is 3.97. The molecule has 0 saturated heterocycles. The first-order chi connectivity index (χ1) is 5.15. The van der Waals surface area contributed by atoms with Crippen LogP contribution in [0.3, 0.4) is 0 Å². The van der Waals surface area contributed by atoms with Crippen molar-refractivity contribution in [2.24, 2.45) is 0 Å². The van der Waals surface area contributed by atoms with Gasteiger partial charge in [-0.15, -0.1) is 0 Å². The highest BCUT2D eigenvalue weighted by atomic mass is 79.9. The van der Waals surface area contributed by atoms with Crippen molar-refractivity contribution in [3.8, 4) is 0 Å². The van der Waals surface area contributed by atoms with Crippen molar-refractivity contribution in [3.63, 3.8) is 0 Å². The van der Waals surface area contributed by atoms with E-state index < -0.39 is 0 Å². The molecule has 0 aliphatic heterocycles. The van der Waals surface area contributed by atoms with E-state index in [9.17, 15) is 0 Å². The van der Waals surface area contributed by atoms with Crippen LogP contribution in [0.25, 0.3) is 0 Å². The Labute approximate surface area is 80.7 Å². The molecule has 0 radical (unpaired) electrons. The Hall–Kier alpha value is -0.0100. The molecule has 0 aliphatic rings. The van der Waals surface area contributed by atoms with Crippen LogP contribution in [0.4, 0.5) is 0 Å². The van der Waals surface area contributed by atoms with Crippen molar-refractivity contribution in [2.45, 2.75) is 20.3 Å². The summed E-state index contributed by atoms with van der Waals surface area (Å²) in [6, 6.07) is 4.08. The minimum atomic E-state index is 0.861. The molecule has 0 saturated carbocycles. The third-order valence-corrected chi connectivity index (χ3v) is 2.68. The smallest absolute Gasteiger partial charge is 0.0451 e. The molecule has 1 rings (SSSR count). The van der Waals surface area contributed by atoms with Gasteiger partial charge in [-0.05, 0) is 36.6 Å². The third kappa shape index (κ3) is 1.97. The summed E-state index contributed by atoms with van der Waals surface area (Å²) in [6.45, 7) is 4.14. The van der Waals surface area contributed by atoms with Gasteiger partial charge in [-0.2, -0.15) is 0 Å². The molecule has 0 atom stereocenters. The lowest BCUT2D eigenvalue weighted by atomic mass is 10.1. The summed E-state index contributed by atoms with van der Waals surface area (Å²) in [7, 11) is 0. The zero-order valence-corrected chi connectivity index (χ0v) is 8.96. The van der Waals surface area contributed by atoms with E-state index in [2.05, 4.69) is 28.9 Å². The van der Waals surface area contributed by atoms with Crippen LogP contribution >= 0.6 is 27.5 Å². The highest BCUT2D eigenvalue weighted by molar-refractivity contribution is 9.10. The minimum absolute atomic E-state index is 0.861. The number of aryl methyl sites for hydroxylation is 1. The first kappa shape index (κ1) is 9.08. The molecule has 0 unspecified atom stereocenters. The van der Waals surface area contributed by atoms with Crippen LogP contribution in [0.15, 0.2) is 16.6 Å². The Morgan fingerprint density at radius 3 is 2.55 bits per heavy atom. The minimum Gasteiger partial charge on any atom is -0.0840 e. The van der Waals surface area contributed by atoms with Crippen LogP contribution in [-0.4, -0.2) is 0 Å². The second-order valence-electron chi connectivity index (χ2n) is 2.56. The van der Waals surface area contributed by atoms with Gasteiger partial charge in [-0.3, -0.25) is 0 Å². The molecular weight excluding hydrogens is 223 g/mol. The normalized spacial score (nSPS) is 10.2. The van der Waals surface area contributed by atoms with Crippen LogP contribution in [0.2, 0.25) is 5.02 Å². The highest BCUT2D eigenvalue weighted by Crippen LogP contribution is 2.26. The molecule has 0 nitrogen and oxygen atoms in total. The number of benzene rings is 1. The maximum absolute atomic E-state index is 6.00. The van der Waals surface area contributed by atoms with Crippen LogP contribution in [0.1, 0.15) is 18.1 Å². The first-order valence-corrected chi connectivity index (χ1v) is 4.76. The molecular formula is C9H10BrCl. The van der Waals surface area contributed by atoms with Crippen molar-refractivity contribution in [3.05, 3.63) is 32.8 Å². The van der Waals surface area contributed by atoms with Crippen LogP contribution < -0.4 is 0 Å². The van der Waals surface area contributed by atoms with Gasteiger partial charge >= 0.3 is 0 Å². The SMILES string of the molecule is CCc1c(Cl)cc(C)cc1Br. The van der Waals surface area contributed by atoms with Gasteiger partial charge in [-0.25, -0.2) is 0 Å². The molecule has 0 heterocycles. The van der Waals surface area contributed by atoms with Gasteiger partial charge in [0.25, 0.3) is 0 Å². The van der Waals surface area contributed by atoms with Crippen LogP contribution in [0, 0.1) is 6.92 Å². The summed E-state index contributed by atoms with van der Waals surface area (Å²) >= 11 is 9.48. The molecule has 0 aromatic heterocycles. The summed E-state index contributed by atoms with van der Waals surface area (Å²) in [4.78, 5) is 0. The van der Waals surface area contributed by atoms with Gasteiger partial charge in [0.15, 0.2) is 0 Å². The average molecular weight is 234 g/mol. The van der Waals surface area contributed by atoms with Gasteiger partial charge in [0.1, 0.15) is 0 Å². The van der Waals surface area contributed by atoms with E-state index >= 15 is 0 Å². The largest absolute Gasteiger partial charge is 0.0840 e. The Bertz CT molecular complexity index is 245. The number of rotatable bonds is 1. The summed E-state index contributed by atoms with van der Waals surface area (Å²) in [5.74, 6) is 0. The van der Waals surface area contributed by atoms with Gasteiger partial charge < -0.3 is 0 Å². The van der Waals surface area contributed by atoms with Crippen LogP contribution in [0.5, 0.6) is 0 Å². The molecule has 2 heteroatoms. The molecule has 1 aromatic carbocycles. The summed E-state index contributed by atoms with van der Waals surface area (Å²) in [5, 5.41) is 0.861. The van der Waals surface area contributed by atoms with E-state index in [0.717, 1.165) is 15.9 Å². The van der Waals surface area contributed by atoms with Crippen molar-refractivity contribution in [2.75, 3.05) is 0 Å². The summed E-state index contributed by atoms with van der Waals surface area (Å²) in [5.41, 5.74) is 2.39. The van der Waals surface area contributed by atoms with Crippen LogP contribution in [-0.2, 0) is 6.42 Å². The van der Waals surface area contributed by atoms with E-state index in [1.807, 2.05) is 13.0 Å². The fraction of sp³-hybridized carbons (Fsp3) is 0.333. The Morgan fingerprint density at radius 1 is 1.45 bits per heavy atom. The van der Waals surface area contributed by atoms with E-state index in [4.69, 9.17) is 11.6 Å². The molecule has 0 fully saturated rings. The summed E-state index contributed by atoms with van der Waals surface area (Å²) in [6.07, 6.45) is 0.972. The fourth-order valence-electron chi connectivity index (χ4n) is 1.07. The predicted molar refractivity (Wildman–Crippen MR) is 53.3 cm³/mol. The molecule has 0 N–H and O–H groups in total. The quantitative estimate of drug-likeness (QED) is 0.688. The third-order valence-electron chi connectivity index (χ3n) is 1.64. The molecule has 0 spiro atoms. The van der Waals surface area contributed by atoms with Crippen molar-refractivity contribution in [1.29, 1.82) is 0 Å². The molecule has 60 valence electrons. The second kappa shape index (κ2) is 3.59. The second-order valence-corrected chi connectivity index (χ2v) is 3.82. The molecule has 11 heavy (non-hydrogen) atoms. The molecule has 0 aliphatic carbocycles. The lowest BCUT2D eigenvalue weighted by Crippen LogP contribution is -1.85. The first-order valence-electron chi connectivity index (χ1n) is 3.59. The van der Waals surface area contributed by atoms with Gasteiger partial charge in [-0.1, -0.05) is 34.5 Å². The van der Waals surface area contributed by atoms with E-state index in [-0.39, 0.29) is 0 Å². The summed E-state index contributed by atoms with van der Waals surface area (Å²) < 4.78 is 1.12. The van der Waals surface area contributed by atoms with Crippen molar-refractivity contribution >= 4 is 27.5 Å². The molecule has 0 bridgehead atoms. The highest BCUT2D eigenvalue weighted by Gasteiger charge is 2.02. The number of hydrogen-bond donors (Lipinski definition) is 0. The van der Waals surface area contributed by atoms with E-state index in [1.54, 1.807) is 0 Å². The maximum atomic E-state index is 6.00. The standard InChI is InChI=1S/C9H10BrCl/c1-3-7-8(10)4-6(2)5-9(7)11/h4-5H,3H2,1-2H3. The zero-order valence-electron chi connectivity index (χ0n) is 6.62. The Balaban J connectivity index is 3.25. The molecule has 0 amide bonds. The average Bonchev–Trinajstić information content (AvgIpc) is 1.85. The lowest BCUT2D eigenvalue weighted by molar-refractivity contribution is 1.12. The lowest BCUT2D eigenvalue weighted by Gasteiger charge is -2.04. The zero-order chi connectivity index (χ0) is 8.43. The van der Waals surface area contributed by atoms with Crippen molar-refractivity contribution < 1.29 is 0 Å². The topological polar surface area (TPSA) is 0 Å². The van der Waals surface area contributed by atoms with Gasteiger partial charge in [0.2, 0.25) is 0 Å². The van der Waals surface area contributed by atoms with Gasteiger partial charge in [0.05, 0.1) is 0 Å². The maximum Gasteiger partial charge on any atom is 0.0451 e. The Morgan fingerprint density at radius 2 is 2.09 bits per heavy atom. The monoisotopic (exact) mass is 232 g/mol. The fourth-order valence-corrected chi connectivity index (χ4v) is 2.44. The number of halogens is 2. The van der Waals surface area contributed by atoms with Gasteiger partial charge in [0, 0.05) is 9.50 Å². The van der Waals surface area contributed by atoms with E-state index in [1.165, 1.54) is 11.1 Å². The Kier molecular flexibility index (Phi) is 2.97. The molecule has 1 aromatic rings. The number of hydrogen-bond acceptors (Lipinski definition) is 0.